The molecule has 9 nitrogen and oxygen atoms in total. The molecular weight excluding hydrogens is 296 g/mol. The van der Waals surface area contributed by atoms with Crippen LogP contribution < -0.4 is 0 Å². The van der Waals surface area contributed by atoms with Gasteiger partial charge in [-0.05, 0) is 16.8 Å². The molecule has 0 aliphatic heterocycles. The van der Waals surface area contributed by atoms with Crippen molar-refractivity contribution in [2.24, 2.45) is 0 Å². The van der Waals surface area contributed by atoms with Crippen LogP contribution in [0.2, 0.25) is 0 Å². The second-order valence-corrected chi connectivity index (χ2v) is 5.13. The van der Waals surface area contributed by atoms with Crippen molar-refractivity contribution in [3.63, 3.8) is 0 Å². The van der Waals surface area contributed by atoms with E-state index in [0.29, 0.717) is 29.2 Å². The van der Waals surface area contributed by atoms with E-state index < -0.39 is 6.29 Å². The minimum absolute atomic E-state index is 0.394. The second-order valence-electron chi connectivity index (χ2n) is 4.19. The van der Waals surface area contributed by atoms with E-state index >= 15 is 0 Å². The van der Waals surface area contributed by atoms with Crippen molar-refractivity contribution in [2.45, 2.75) is 43.5 Å². The number of aryl methyl sites for hydroxylation is 1. The molecule has 0 unspecified atom stereocenters. The van der Waals surface area contributed by atoms with Crippen LogP contribution in [0.1, 0.15) is 25.1 Å². The Morgan fingerprint density at radius 3 is 2.86 bits per heavy atom. The molecule has 21 heavy (non-hydrogen) atoms. The third kappa shape index (κ3) is 4.48. The summed E-state index contributed by atoms with van der Waals surface area (Å²) in [6.45, 7) is 2.48. The zero-order chi connectivity index (χ0) is 15.1. The average molecular weight is 314 g/mol. The summed E-state index contributed by atoms with van der Waals surface area (Å²) in [6.07, 6.45) is 1.37. The highest BCUT2D eigenvalue weighted by Crippen LogP contribution is 2.19. The maximum atomic E-state index is 5.13. The van der Waals surface area contributed by atoms with Gasteiger partial charge < -0.3 is 14.0 Å². The van der Waals surface area contributed by atoms with E-state index in [1.165, 1.54) is 11.8 Å². The molecule has 2 heterocycles. The summed E-state index contributed by atoms with van der Waals surface area (Å²) < 4.78 is 17.0. The van der Waals surface area contributed by atoms with Gasteiger partial charge in [0.15, 0.2) is 12.1 Å². The van der Waals surface area contributed by atoms with Crippen LogP contribution in [-0.4, -0.2) is 50.9 Å². The van der Waals surface area contributed by atoms with Crippen molar-refractivity contribution < 1.29 is 14.0 Å². The predicted octanol–water partition coefficient (Wildman–Crippen LogP) is 0.920. The molecule has 0 fully saturated rings. The van der Waals surface area contributed by atoms with Crippen molar-refractivity contribution in [1.29, 1.82) is 0 Å². The van der Waals surface area contributed by atoms with Crippen LogP contribution in [0.25, 0.3) is 0 Å². The summed E-state index contributed by atoms with van der Waals surface area (Å²) in [4.78, 5) is 4.30. The minimum atomic E-state index is -0.394. The van der Waals surface area contributed by atoms with Crippen molar-refractivity contribution in [2.75, 3.05) is 14.2 Å². The number of nitrogens with zero attached hydrogens (tertiary/aromatic N) is 6. The topological polar surface area (TPSA) is 101 Å². The van der Waals surface area contributed by atoms with E-state index in [2.05, 4.69) is 32.6 Å². The largest absolute Gasteiger partial charge is 0.354 e. The van der Waals surface area contributed by atoms with Gasteiger partial charge in [0.1, 0.15) is 0 Å². The number of aromatic nitrogens is 6. The molecule has 0 saturated carbocycles. The third-order valence-electron chi connectivity index (χ3n) is 2.65. The van der Waals surface area contributed by atoms with Crippen LogP contribution in [0.4, 0.5) is 0 Å². The van der Waals surface area contributed by atoms with Crippen LogP contribution >= 0.6 is 11.8 Å². The Balaban J connectivity index is 1.92. The SMILES string of the molecule is CCCc1nc(CSc2nnnn2CC(OC)OC)no1. The zero-order valence-corrected chi connectivity index (χ0v) is 13.0. The van der Waals surface area contributed by atoms with Gasteiger partial charge in [0.05, 0.1) is 12.3 Å². The highest BCUT2D eigenvalue weighted by Gasteiger charge is 2.14. The number of tetrazole rings is 1. The summed E-state index contributed by atoms with van der Waals surface area (Å²) in [7, 11) is 3.14. The van der Waals surface area contributed by atoms with Gasteiger partial charge in [-0.15, -0.1) is 5.10 Å². The predicted molar refractivity (Wildman–Crippen MR) is 73.5 cm³/mol. The smallest absolute Gasteiger partial charge is 0.226 e. The molecule has 2 aromatic rings. The lowest BCUT2D eigenvalue weighted by molar-refractivity contribution is -0.113. The summed E-state index contributed by atoms with van der Waals surface area (Å²) in [6, 6.07) is 0. The number of hydrogen-bond acceptors (Lipinski definition) is 9. The molecule has 0 amide bonds. The van der Waals surface area contributed by atoms with Gasteiger partial charge in [-0.1, -0.05) is 23.8 Å². The number of methoxy groups -OCH3 is 2. The minimum Gasteiger partial charge on any atom is -0.354 e. The summed E-state index contributed by atoms with van der Waals surface area (Å²) in [5.74, 6) is 1.83. The van der Waals surface area contributed by atoms with Gasteiger partial charge in [0.2, 0.25) is 11.0 Å². The van der Waals surface area contributed by atoms with Crippen LogP contribution in [0.15, 0.2) is 9.68 Å². The molecule has 116 valence electrons. The summed E-state index contributed by atoms with van der Waals surface area (Å²) in [5, 5.41) is 16.1. The molecule has 0 spiro atoms. The Kier molecular flexibility index (Phi) is 6.08. The molecule has 0 radical (unpaired) electrons. The first-order valence-corrected chi connectivity index (χ1v) is 7.51. The molecule has 2 aromatic heterocycles. The van der Waals surface area contributed by atoms with Gasteiger partial charge in [0.25, 0.3) is 0 Å². The van der Waals surface area contributed by atoms with E-state index in [1.807, 2.05) is 0 Å². The first kappa shape index (κ1) is 15.9. The average Bonchev–Trinajstić information content (AvgIpc) is 3.12. The van der Waals surface area contributed by atoms with E-state index in [4.69, 9.17) is 14.0 Å². The molecule has 0 N–H and O–H groups in total. The summed E-state index contributed by atoms with van der Waals surface area (Å²) in [5.41, 5.74) is 0. The number of hydrogen-bond donors (Lipinski definition) is 0. The van der Waals surface area contributed by atoms with Crippen LogP contribution in [0.3, 0.4) is 0 Å². The van der Waals surface area contributed by atoms with E-state index in [0.717, 1.165) is 12.8 Å². The Hall–Kier alpha value is -1.52. The van der Waals surface area contributed by atoms with Crippen molar-refractivity contribution >= 4 is 11.8 Å². The molecule has 10 heteroatoms. The quantitative estimate of drug-likeness (QED) is 0.494. The fourth-order valence-electron chi connectivity index (χ4n) is 1.59. The Morgan fingerprint density at radius 1 is 1.33 bits per heavy atom. The van der Waals surface area contributed by atoms with Gasteiger partial charge in [-0.25, -0.2) is 4.68 Å². The number of rotatable bonds is 9. The van der Waals surface area contributed by atoms with Gasteiger partial charge in [-0.2, -0.15) is 4.98 Å². The van der Waals surface area contributed by atoms with Crippen molar-refractivity contribution in [1.82, 2.24) is 30.3 Å². The summed E-state index contributed by atoms with van der Waals surface area (Å²) >= 11 is 1.43. The Morgan fingerprint density at radius 2 is 2.14 bits per heavy atom. The van der Waals surface area contributed by atoms with Gasteiger partial charge >= 0.3 is 0 Å². The third-order valence-corrected chi connectivity index (χ3v) is 3.60. The molecule has 0 atom stereocenters. The van der Waals surface area contributed by atoms with E-state index in [1.54, 1.807) is 18.9 Å². The van der Waals surface area contributed by atoms with E-state index in [-0.39, 0.29) is 0 Å². The lowest BCUT2D eigenvalue weighted by Gasteiger charge is -2.13. The fourth-order valence-corrected chi connectivity index (χ4v) is 2.32. The lowest BCUT2D eigenvalue weighted by Crippen LogP contribution is -2.21. The van der Waals surface area contributed by atoms with Crippen LogP contribution in [-0.2, 0) is 28.2 Å². The Labute approximate surface area is 126 Å². The second kappa shape index (κ2) is 8.05. The molecule has 0 aromatic carbocycles. The van der Waals surface area contributed by atoms with Crippen molar-refractivity contribution in [3.8, 4) is 0 Å². The fraction of sp³-hybridized carbons (Fsp3) is 0.727. The monoisotopic (exact) mass is 314 g/mol. The lowest BCUT2D eigenvalue weighted by atomic mass is 10.3. The number of thioether (sulfide) groups is 1. The maximum absolute atomic E-state index is 5.13. The maximum Gasteiger partial charge on any atom is 0.226 e. The van der Waals surface area contributed by atoms with E-state index in [9.17, 15) is 0 Å². The molecule has 0 aliphatic carbocycles. The molecule has 0 bridgehead atoms. The molecular formula is C11H18N6O3S. The zero-order valence-electron chi connectivity index (χ0n) is 12.2. The van der Waals surface area contributed by atoms with Crippen molar-refractivity contribution in [3.05, 3.63) is 11.7 Å². The first-order valence-electron chi connectivity index (χ1n) is 6.52. The highest BCUT2D eigenvalue weighted by atomic mass is 32.2. The van der Waals surface area contributed by atoms with Gasteiger partial charge in [0, 0.05) is 20.6 Å². The standard InChI is InChI=1S/C11H18N6O3S/c1-4-5-9-12-8(14-20-9)7-21-11-13-15-16-17(11)6-10(18-2)19-3/h10H,4-7H2,1-3H3. The molecule has 0 aliphatic rings. The number of ether oxygens (including phenoxy) is 2. The highest BCUT2D eigenvalue weighted by molar-refractivity contribution is 7.98. The van der Waals surface area contributed by atoms with Crippen LogP contribution in [0.5, 0.6) is 0 Å². The molecule has 2 rings (SSSR count). The van der Waals surface area contributed by atoms with Gasteiger partial charge in [-0.3, -0.25) is 0 Å². The first-order chi connectivity index (χ1) is 10.3. The van der Waals surface area contributed by atoms with Crippen LogP contribution in [0, 0.1) is 0 Å². The Bertz CT molecular complexity index is 542. The molecule has 0 saturated heterocycles. The normalized spacial score (nSPS) is 11.4.